The highest BCUT2D eigenvalue weighted by atomic mass is 32.6. The lowest BCUT2D eigenvalue weighted by atomic mass is 9.87. The number of fused-ring (bicyclic) bond motifs is 1. The maximum absolute atomic E-state index is 12.7. The van der Waals surface area contributed by atoms with Crippen LogP contribution in [0.5, 0.6) is 0 Å². The second-order valence-electron chi connectivity index (χ2n) is 7.06. The van der Waals surface area contributed by atoms with Crippen LogP contribution < -0.4 is 15.8 Å². The number of hydrogen-bond donors (Lipinski definition) is 3. The zero-order valence-electron chi connectivity index (χ0n) is 16.7. The first-order chi connectivity index (χ1) is 15.8. The van der Waals surface area contributed by atoms with E-state index in [-0.39, 0.29) is 19.5 Å². The zero-order chi connectivity index (χ0) is 23.8. The van der Waals surface area contributed by atoms with Gasteiger partial charge in [0.2, 0.25) is 0 Å². The van der Waals surface area contributed by atoms with Crippen LogP contribution in [0.2, 0.25) is 0 Å². The average molecular weight is 532 g/mol. The monoisotopic (exact) mass is 532 g/mol. The molecule has 176 valence electrons. The Labute approximate surface area is 193 Å². The molecule has 12 nitrogen and oxygen atoms in total. The summed E-state index contributed by atoms with van der Waals surface area (Å²) in [7, 11) is 3.98. The van der Waals surface area contributed by atoms with Crippen LogP contribution in [0.3, 0.4) is 0 Å². The number of benzene rings is 1. The van der Waals surface area contributed by atoms with Gasteiger partial charge in [-0.05, 0) is 11.4 Å². The van der Waals surface area contributed by atoms with Crippen LogP contribution in [0.25, 0.3) is 5.65 Å². The Morgan fingerprint density at radius 1 is 1.36 bits per heavy atom. The van der Waals surface area contributed by atoms with Crippen molar-refractivity contribution in [1.29, 1.82) is 0 Å². The van der Waals surface area contributed by atoms with Crippen LogP contribution in [0.4, 0.5) is 5.69 Å². The van der Waals surface area contributed by atoms with Crippen molar-refractivity contribution in [3.05, 3.63) is 69.0 Å². The first-order valence-corrected chi connectivity index (χ1v) is 16.3. The van der Waals surface area contributed by atoms with Gasteiger partial charge in [0.05, 0.1) is 17.7 Å². The van der Waals surface area contributed by atoms with Crippen LogP contribution in [-0.2, 0) is 10.3 Å². The number of aliphatic hydroxyl groups is 3. The summed E-state index contributed by atoms with van der Waals surface area (Å²) < 4.78 is 7.54. The van der Waals surface area contributed by atoms with Gasteiger partial charge >= 0.3 is 5.69 Å². The van der Waals surface area contributed by atoms with Crippen molar-refractivity contribution in [2.45, 2.75) is 24.1 Å². The van der Waals surface area contributed by atoms with E-state index in [1.54, 1.807) is 6.07 Å². The van der Waals surface area contributed by atoms with E-state index in [1.807, 2.05) is 0 Å². The van der Waals surface area contributed by atoms with Crippen molar-refractivity contribution < 1.29 is 29.8 Å². The smallest absolute Gasteiger partial charge is 0.366 e. The summed E-state index contributed by atoms with van der Waals surface area (Å²) in [5, 5.41) is 44.2. The minimum Gasteiger partial charge on any atom is -0.394 e. The Morgan fingerprint density at radius 2 is 2.15 bits per heavy atom. The molecule has 3 N–H and O–H groups in total. The van der Waals surface area contributed by atoms with Gasteiger partial charge in [0.1, 0.15) is 17.9 Å². The van der Waals surface area contributed by atoms with E-state index < -0.39 is 41.3 Å². The molecule has 8 atom stereocenters. The third kappa shape index (κ3) is 4.55. The molecule has 16 heteroatoms. The van der Waals surface area contributed by atoms with E-state index in [1.165, 1.54) is 35.1 Å². The van der Waals surface area contributed by atoms with Gasteiger partial charge in [-0.1, -0.05) is 24.2 Å². The number of aromatic nitrogens is 3. The van der Waals surface area contributed by atoms with Crippen LogP contribution in [0, 0.1) is 10.1 Å². The number of nitrogens with zero attached hydrogens (tertiary/aromatic N) is 4. The van der Waals surface area contributed by atoms with Crippen LogP contribution in [-0.4, -0.2) is 59.5 Å². The summed E-state index contributed by atoms with van der Waals surface area (Å²) >= 11 is 0. The Balaban J connectivity index is 1.79. The van der Waals surface area contributed by atoms with Gasteiger partial charge < -0.3 is 24.9 Å². The fourth-order valence-corrected chi connectivity index (χ4v) is 9.17. The predicted molar refractivity (Wildman–Crippen MR) is 129 cm³/mol. The third-order valence-electron chi connectivity index (χ3n) is 5.14. The summed E-state index contributed by atoms with van der Waals surface area (Å²) in [5.74, 6) is 0. The predicted octanol–water partition coefficient (Wildman–Crippen LogP) is 0.0796. The molecule has 0 saturated carbocycles. The highest BCUT2D eigenvalue weighted by Crippen LogP contribution is 2.56. The third-order valence-corrected chi connectivity index (χ3v) is 14.0. The number of non-ortho nitro benzene ring substituents is 1. The maximum Gasteiger partial charge on any atom is 0.366 e. The zero-order valence-corrected chi connectivity index (χ0v) is 20.9. The van der Waals surface area contributed by atoms with Crippen molar-refractivity contribution in [2.24, 2.45) is 0 Å². The second-order valence-corrected chi connectivity index (χ2v) is 15.6. The molecular formula is C17H20N4O8P4. The molecule has 2 aromatic heterocycles. The Morgan fingerprint density at radius 3 is 2.85 bits per heavy atom. The molecule has 0 bridgehead atoms. The molecule has 1 fully saturated rings. The van der Waals surface area contributed by atoms with Gasteiger partial charge in [-0.3, -0.25) is 10.1 Å². The minimum absolute atomic E-state index is 0.0127. The van der Waals surface area contributed by atoms with Gasteiger partial charge in [-0.2, -0.15) is 0 Å². The largest absolute Gasteiger partial charge is 0.394 e. The van der Waals surface area contributed by atoms with E-state index in [4.69, 9.17) is 9.57 Å². The van der Waals surface area contributed by atoms with E-state index in [0.717, 1.165) is 10.8 Å². The molecule has 3 heterocycles. The van der Waals surface area contributed by atoms with Crippen molar-refractivity contribution in [1.82, 2.24) is 14.1 Å². The van der Waals surface area contributed by atoms with Gasteiger partial charge in [0, 0.05) is 36.2 Å². The second kappa shape index (κ2) is 9.95. The lowest BCUT2D eigenvalue weighted by Gasteiger charge is -2.31. The van der Waals surface area contributed by atoms with Gasteiger partial charge in [-0.15, -0.1) is 13.7 Å². The van der Waals surface area contributed by atoms with Gasteiger partial charge in [-0.25, -0.2) is 14.2 Å². The standard InChI is InChI=1S/C17H20N4O8P4/c22-8-12-14(23)17(25,9-5-10(21(26)27)7-11(6-9)31-33-32-30)15(28-12)29-20-3-1-13-18-2-4-19(13)16(20)24/h1-7,12,14-15,22-23,25,31-33H,8,30H2/t12-,14-,15+,17-/m1/s1. The minimum atomic E-state index is -2.31. The summed E-state index contributed by atoms with van der Waals surface area (Å²) in [6.45, 7) is -0.655. The van der Waals surface area contributed by atoms with Crippen molar-refractivity contribution in [3.8, 4) is 0 Å². The molecule has 0 amide bonds. The van der Waals surface area contributed by atoms with Crippen molar-refractivity contribution in [3.63, 3.8) is 0 Å². The summed E-state index contributed by atoms with van der Waals surface area (Å²) in [5.41, 5.74) is -2.87. The lowest BCUT2D eigenvalue weighted by molar-refractivity contribution is -0.385. The first kappa shape index (κ1) is 24.5. The topological polar surface area (TPSA) is 162 Å². The molecule has 0 spiro atoms. The number of hydrogen-bond acceptors (Lipinski definition) is 9. The normalized spacial score (nSPS) is 26.0. The fraction of sp³-hybridized carbons (Fsp3) is 0.294. The molecule has 0 radical (unpaired) electrons. The highest BCUT2D eigenvalue weighted by molar-refractivity contribution is 8.58. The molecule has 1 saturated heterocycles. The lowest BCUT2D eigenvalue weighted by Crippen LogP contribution is -2.51. The quantitative estimate of drug-likeness (QED) is 0.207. The maximum atomic E-state index is 12.7. The summed E-state index contributed by atoms with van der Waals surface area (Å²) in [6, 6.07) is 5.59. The Kier molecular flexibility index (Phi) is 7.39. The summed E-state index contributed by atoms with van der Waals surface area (Å²) in [6.07, 6.45) is -0.485. The molecular weight excluding hydrogens is 512 g/mol. The Bertz CT molecular complexity index is 1240. The molecule has 33 heavy (non-hydrogen) atoms. The van der Waals surface area contributed by atoms with Gasteiger partial charge in [0.15, 0.2) is 5.60 Å². The number of rotatable bonds is 8. The molecule has 4 unspecified atom stereocenters. The summed E-state index contributed by atoms with van der Waals surface area (Å²) in [4.78, 5) is 33.3. The number of aliphatic hydroxyl groups excluding tert-OH is 2. The molecule has 1 aliphatic heterocycles. The van der Waals surface area contributed by atoms with Crippen LogP contribution in [0.15, 0.2) is 47.7 Å². The van der Waals surface area contributed by atoms with E-state index in [2.05, 4.69) is 13.9 Å². The van der Waals surface area contributed by atoms with E-state index in [9.17, 15) is 30.2 Å². The Hall–Kier alpha value is -1.60. The molecule has 3 aromatic rings. The first-order valence-electron chi connectivity index (χ1n) is 9.44. The van der Waals surface area contributed by atoms with Crippen LogP contribution in [0.1, 0.15) is 5.56 Å². The van der Waals surface area contributed by atoms with Crippen molar-refractivity contribution >= 4 is 49.8 Å². The average Bonchev–Trinajstić information content (AvgIpc) is 3.38. The number of nitro groups is 1. The number of imidazole rings is 1. The molecule has 1 aromatic carbocycles. The van der Waals surface area contributed by atoms with E-state index >= 15 is 0 Å². The fourth-order valence-electron chi connectivity index (χ4n) is 3.53. The van der Waals surface area contributed by atoms with Crippen molar-refractivity contribution in [2.75, 3.05) is 6.61 Å². The molecule has 1 aliphatic rings. The van der Waals surface area contributed by atoms with Gasteiger partial charge in [0.25, 0.3) is 12.0 Å². The highest BCUT2D eigenvalue weighted by Gasteiger charge is 2.59. The SMILES string of the molecule is O=c1n(O[C@@H]2O[C@H](CO)[C@@H](O)[C@]2(O)c2cc(PPPP)cc([N+](=O)[O-])c2)ccc2nccn12. The number of nitro benzene ring substituents is 1. The molecule has 4 rings (SSSR count). The van der Waals surface area contributed by atoms with Crippen LogP contribution >= 0.6 is 33.1 Å². The number of ether oxygens (including phenoxy) is 1. The molecule has 0 aliphatic carbocycles. The van der Waals surface area contributed by atoms with E-state index in [0.29, 0.717) is 26.9 Å².